The lowest BCUT2D eigenvalue weighted by Crippen LogP contribution is -2.33. The zero-order valence-corrected chi connectivity index (χ0v) is 15.8. The third-order valence-electron chi connectivity index (χ3n) is 4.46. The van der Waals surface area contributed by atoms with Crippen LogP contribution in [0.3, 0.4) is 0 Å². The molecule has 0 bridgehead atoms. The van der Waals surface area contributed by atoms with Crippen molar-refractivity contribution in [1.29, 1.82) is 0 Å². The number of benzene rings is 2. The quantitative estimate of drug-likeness (QED) is 0.689. The van der Waals surface area contributed by atoms with E-state index < -0.39 is 29.4 Å². The van der Waals surface area contributed by atoms with E-state index in [1.165, 1.54) is 6.92 Å². The summed E-state index contributed by atoms with van der Waals surface area (Å²) in [4.78, 5) is 28.2. The van der Waals surface area contributed by atoms with Gasteiger partial charge in [-0.15, -0.1) is 0 Å². The molecule has 0 aliphatic carbocycles. The Hall–Kier alpha value is -3.82. The van der Waals surface area contributed by atoms with Crippen LogP contribution in [0.5, 0.6) is 0 Å². The van der Waals surface area contributed by atoms with Crippen LogP contribution in [0.4, 0.5) is 19.3 Å². The molecule has 0 saturated carbocycles. The minimum Gasteiger partial charge on any atom is -0.442 e. The molecule has 2 heterocycles. The number of carbonyl (C=O) groups excluding carboxylic acids is 2. The summed E-state index contributed by atoms with van der Waals surface area (Å²) in [6, 6.07) is 10.8. The summed E-state index contributed by atoms with van der Waals surface area (Å²) in [7, 11) is 0. The molecule has 3 aromatic rings. The minimum atomic E-state index is -0.966. The fraction of sp³-hybridized carbons (Fsp3) is 0.200. The van der Waals surface area contributed by atoms with Crippen LogP contribution in [0.15, 0.2) is 47.0 Å². The fourth-order valence-corrected chi connectivity index (χ4v) is 3.05. The molecule has 1 unspecified atom stereocenters. The van der Waals surface area contributed by atoms with Gasteiger partial charge in [0.05, 0.1) is 18.8 Å². The van der Waals surface area contributed by atoms with Crippen LogP contribution in [-0.4, -0.2) is 41.3 Å². The van der Waals surface area contributed by atoms with Gasteiger partial charge < -0.3 is 14.6 Å². The highest BCUT2D eigenvalue weighted by Gasteiger charge is 2.33. The molecule has 8 nitrogen and oxygen atoms in total. The van der Waals surface area contributed by atoms with Crippen molar-refractivity contribution >= 4 is 17.7 Å². The van der Waals surface area contributed by atoms with Crippen LogP contribution >= 0.6 is 0 Å². The summed E-state index contributed by atoms with van der Waals surface area (Å²) in [6.45, 7) is 1.47. The normalized spacial score (nSPS) is 15.9. The third kappa shape index (κ3) is 3.84. The average Bonchev–Trinajstić information content (AvgIpc) is 3.33. The van der Waals surface area contributed by atoms with Gasteiger partial charge in [-0.3, -0.25) is 9.69 Å². The first-order valence-corrected chi connectivity index (χ1v) is 9.03. The fourth-order valence-electron chi connectivity index (χ4n) is 3.05. The Balaban J connectivity index is 1.58. The number of nitrogens with one attached hydrogen (secondary N) is 1. The van der Waals surface area contributed by atoms with Crippen molar-refractivity contribution in [3.63, 3.8) is 0 Å². The second-order valence-corrected chi connectivity index (χ2v) is 6.63. The lowest BCUT2D eigenvalue weighted by molar-refractivity contribution is -0.119. The number of aromatic nitrogens is 2. The highest BCUT2D eigenvalue weighted by molar-refractivity contribution is 5.90. The third-order valence-corrected chi connectivity index (χ3v) is 4.46. The molecule has 1 aliphatic rings. The topological polar surface area (TPSA) is 97.6 Å². The van der Waals surface area contributed by atoms with Crippen LogP contribution in [0.25, 0.3) is 22.8 Å². The van der Waals surface area contributed by atoms with E-state index in [0.29, 0.717) is 5.56 Å². The van der Waals surface area contributed by atoms with Gasteiger partial charge in [0.1, 0.15) is 23.3 Å². The second kappa shape index (κ2) is 7.90. The molecule has 4 rings (SSSR count). The van der Waals surface area contributed by atoms with Crippen molar-refractivity contribution in [3.05, 3.63) is 54.1 Å². The van der Waals surface area contributed by atoms with Gasteiger partial charge in [-0.2, -0.15) is 4.98 Å². The van der Waals surface area contributed by atoms with Crippen molar-refractivity contribution in [2.75, 3.05) is 18.0 Å². The van der Waals surface area contributed by atoms with Gasteiger partial charge in [0.2, 0.25) is 11.7 Å². The smallest absolute Gasteiger partial charge is 0.414 e. The van der Waals surface area contributed by atoms with Crippen molar-refractivity contribution in [2.24, 2.45) is 0 Å². The highest BCUT2D eigenvalue weighted by atomic mass is 19.1. The van der Waals surface area contributed by atoms with Crippen molar-refractivity contribution < 1.29 is 27.6 Å². The van der Waals surface area contributed by atoms with E-state index in [9.17, 15) is 18.4 Å². The molecule has 1 aliphatic heterocycles. The van der Waals surface area contributed by atoms with Crippen molar-refractivity contribution in [2.45, 2.75) is 13.0 Å². The Morgan fingerprint density at radius 1 is 1.23 bits per heavy atom. The number of cyclic esters (lactones) is 1. The standard InChI is InChI=1S/C20H16F2N4O4/c1-11(27)23-9-14-10-26(20(28)29-14)13-7-15(21)17(16(22)8-13)19-24-18(25-30-19)12-5-3-2-4-6-12/h2-8,14H,9-10H2,1H3,(H,23,27). The first kappa shape index (κ1) is 19.5. The van der Waals surface area contributed by atoms with Crippen molar-refractivity contribution in [1.82, 2.24) is 15.5 Å². The zero-order chi connectivity index (χ0) is 21.3. The summed E-state index contributed by atoms with van der Waals surface area (Å²) in [6.07, 6.45) is -1.39. The van der Waals surface area contributed by atoms with Gasteiger partial charge in [0, 0.05) is 12.5 Å². The second-order valence-electron chi connectivity index (χ2n) is 6.63. The van der Waals surface area contributed by atoms with Crippen LogP contribution in [-0.2, 0) is 9.53 Å². The van der Waals surface area contributed by atoms with Crippen LogP contribution < -0.4 is 10.2 Å². The predicted octanol–water partition coefficient (Wildman–Crippen LogP) is 3.14. The zero-order valence-electron chi connectivity index (χ0n) is 15.8. The lowest BCUT2D eigenvalue weighted by atomic mass is 10.1. The number of hydrogen-bond acceptors (Lipinski definition) is 6. The molecule has 2 aromatic carbocycles. The van der Waals surface area contributed by atoms with E-state index in [4.69, 9.17) is 9.26 Å². The van der Waals surface area contributed by atoms with E-state index in [1.54, 1.807) is 24.3 Å². The highest BCUT2D eigenvalue weighted by Crippen LogP contribution is 2.32. The Morgan fingerprint density at radius 2 is 1.93 bits per heavy atom. The minimum absolute atomic E-state index is 0.0214. The number of ether oxygens (including phenoxy) is 1. The Bertz CT molecular complexity index is 1080. The van der Waals surface area contributed by atoms with Gasteiger partial charge >= 0.3 is 6.09 Å². The number of rotatable bonds is 5. The summed E-state index contributed by atoms with van der Waals surface area (Å²) in [5.74, 6) is -2.33. The monoisotopic (exact) mass is 414 g/mol. The molecule has 30 heavy (non-hydrogen) atoms. The molecule has 0 radical (unpaired) electrons. The number of carbonyl (C=O) groups is 2. The number of anilines is 1. The molecule has 1 N–H and O–H groups in total. The molecular formula is C20H16F2N4O4. The first-order valence-electron chi connectivity index (χ1n) is 9.03. The van der Waals surface area contributed by atoms with Crippen molar-refractivity contribution in [3.8, 4) is 22.8 Å². The van der Waals surface area contributed by atoms with Crippen LogP contribution in [0, 0.1) is 11.6 Å². The molecule has 10 heteroatoms. The van der Waals surface area contributed by atoms with Gasteiger partial charge in [-0.1, -0.05) is 35.5 Å². The molecule has 1 aromatic heterocycles. The Kier molecular flexibility index (Phi) is 5.13. The molecule has 2 amide bonds. The van der Waals surface area contributed by atoms with Crippen LogP contribution in [0.2, 0.25) is 0 Å². The van der Waals surface area contributed by atoms with E-state index >= 15 is 0 Å². The largest absolute Gasteiger partial charge is 0.442 e. The van der Waals surface area contributed by atoms with Gasteiger partial charge in [0.15, 0.2) is 0 Å². The van der Waals surface area contributed by atoms with E-state index in [-0.39, 0.29) is 36.4 Å². The lowest BCUT2D eigenvalue weighted by Gasteiger charge is -2.14. The SMILES string of the molecule is CC(=O)NCC1CN(c2cc(F)c(-c3nc(-c4ccccc4)no3)c(F)c2)C(=O)O1. The molecule has 1 fully saturated rings. The molecule has 154 valence electrons. The van der Waals surface area contributed by atoms with E-state index in [1.807, 2.05) is 6.07 Å². The Labute approximate surface area is 169 Å². The van der Waals surface area contributed by atoms with Gasteiger partial charge in [-0.25, -0.2) is 13.6 Å². The van der Waals surface area contributed by atoms with Gasteiger partial charge in [0.25, 0.3) is 5.89 Å². The predicted molar refractivity (Wildman–Crippen MR) is 101 cm³/mol. The number of amides is 2. The summed E-state index contributed by atoms with van der Waals surface area (Å²) in [5, 5.41) is 6.29. The van der Waals surface area contributed by atoms with Gasteiger partial charge in [-0.05, 0) is 12.1 Å². The number of halogens is 2. The molecule has 1 atom stereocenters. The maximum absolute atomic E-state index is 14.7. The maximum Gasteiger partial charge on any atom is 0.414 e. The average molecular weight is 414 g/mol. The molecule has 0 spiro atoms. The van der Waals surface area contributed by atoms with E-state index in [2.05, 4.69) is 15.5 Å². The summed E-state index contributed by atoms with van der Waals surface area (Å²) in [5.41, 5.74) is 0.123. The Morgan fingerprint density at radius 3 is 2.60 bits per heavy atom. The van der Waals surface area contributed by atoms with E-state index in [0.717, 1.165) is 17.0 Å². The molecule has 1 saturated heterocycles. The molecular weight excluding hydrogens is 398 g/mol. The maximum atomic E-state index is 14.7. The number of nitrogens with zero attached hydrogens (tertiary/aromatic N) is 3. The first-order chi connectivity index (χ1) is 14.4. The summed E-state index contributed by atoms with van der Waals surface area (Å²) < 4.78 is 39.6. The number of hydrogen-bond donors (Lipinski definition) is 1. The summed E-state index contributed by atoms with van der Waals surface area (Å²) >= 11 is 0. The van der Waals surface area contributed by atoms with Crippen LogP contribution in [0.1, 0.15) is 6.92 Å².